The lowest BCUT2D eigenvalue weighted by Gasteiger charge is -2.45. The maximum atomic E-state index is 13.6. The number of nitrogens with zero attached hydrogens (tertiary/aromatic N) is 2. The first-order chi connectivity index (χ1) is 11.8. The van der Waals surface area contributed by atoms with Crippen molar-refractivity contribution in [1.29, 1.82) is 5.26 Å². The van der Waals surface area contributed by atoms with Crippen molar-refractivity contribution in [2.24, 2.45) is 18.9 Å². The molecule has 2 aliphatic carbocycles. The zero-order valence-corrected chi connectivity index (χ0v) is 14.8. The van der Waals surface area contributed by atoms with Crippen molar-refractivity contribution in [2.75, 3.05) is 0 Å². The summed E-state index contributed by atoms with van der Waals surface area (Å²) in [6.07, 6.45) is 3.26. The molecule has 2 aliphatic rings. The zero-order valence-electron chi connectivity index (χ0n) is 14.8. The molecule has 2 bridgehead atoms. The molecule has 2 aromatic rings. The van der Waals surface area contributed by atoms with E-state index in [9.17, 15) is 15.2 Å². The van der Waals surface area contributed by atoms with Crippen LogP contribution in [-0.2, 0) is 22.7 Å². The lowest BCUT2D eigenvalue weighted by molar-refractivity contribution is -0.137. The third-order valence-electron chi connectivity index (χ3n) is 6.53. The van der Waals surface area contributed by atoms with Crippen LogP contribution >= 0.6 is 0 Å². The van der Waals surface area contributed by atoms with Crippen molar-refractivity contribution in [2.45, 2.75) is 37.2 Å². The van der Waals surface area contributed by atoms with Gasteiger partial charge in [-0.3, -0.25) is 4.79 Å². The number of benzene rings is 1. The van der Waals surface area contributed by atoms with E-state index in [4.69, 9.17) is 0 Å². The van der Waals surface area contributed by atoms with E-state index in [-0.39, 0.29) is 5.78 Å². The lowest BCUT2D eigenvalue weighted by atomic mass is 9.55. The Hall–Kier alpha value is -2.38. The number of carbonyl (C=O) groups is 1. The molecular weight excluding hydrogens is 312 g/mol. The predicted molar refractivity (Wildman–Crippen MR) is 96.0 cm³/mol. The van der Waals surface area contributed by atoms with Gasteiger partial charge in [0.1, 0.15) is 5.41 Å². The fourth-order valence-electron chi connectivity index (χ4n) is 5.13. The maximum absolute atomic E-state index is 13.6. The molecule has 1 N–H and O–H groups in total. The molecule has 0 spiro atoms. The molecule has 4 heteroatoms. The Kier molecular flexibility index (Phi) is 3.11. The molecule has 1 aromatic carbocycles. The van der Waals surface area contributed by atoms with E-state index in [0.717, 1.165) is 16.5 Å². The highest BCUT2D eigenvalue weighted by molar-refractivity contribution is 6.05. The van der Waals surface area contributed by atoms with Crippen LogP contribution in [0.3, 0.4) is 0 Å². The molecule has 1 fully saturated rings. The van der Waals surface area contributed by atoms with Gasteiger partial charge in [-0.1, -0.05) is 32.1 Å². The minimum absolute atomic E-state index is 0.0819. The summed E-state index contributed by atoms with van der Waals surface area (Å²) < 4.78 is 2.06. The third kappa shape index (κ3) is 1.67. The van der Waals surface area contributed by atoms with E-state index in [1.165, 1.54) is 0 Å². The second-order valence-corrected chi connectivity index (χ2v) is 7.98. The molecule has 0 unspecified atom stereocenters. The summed E-state index contributed by atoms with van der Waals surface area (Å²) in [5.41, 5.74) is 0.958. The molecule has 128 valence electrons. The van der Waals surface area contributed by atoms with Gasteiger partial charge in [-0.25, -0.2) is 0 Å². The number of rotatable bonds is 1. The van der Waals surface area contributed by atoms with Crippen molar-refractivity contribution in [3.05, 3.63) is 48.2 Å². The summed E-state index contributed by atoms with van der Waals surface area (Å²) in [6, 6.07) is 8.11. The van der Waals surface area contributed by atoms with Gasteiger partial charge < -0.3 is 9.67 Å². The number of hydrogen-bond acceptors (Lipinski definition) is 3. The molecule has 25 heavy (non-hydrogen) atoms. The number of Topliss-reactive ketones (excluding diaryl/α,β-unsaturated/α-hetero) is 1. The number of aliphatic hydroxyl groups excluding tert-OH is 1. The van der Waals surface area contributed by atoms with Crippen molar-refractivity contribution in [3.63, 3.8) is 0 Å². The monoisotopic (exact) mass is 334 g/mol. The summed E-state index contributed by atoms with van der Waals surface area (Å²) in [7, 11) is 1.99. The lowest BCUT2D eigenvalue weighted by Crippen LogP contribution is -2.56. The molecule has 1 aromatic heterocycles. The summed E-state index contributed by atoms with van der Waals surface area (Å²) in [5.74, 6) is -1.09. The standard InChI is InChI=1S/C21H22N2O2/c1-5-12-17(24)9-14-19(25)21(12,11-22)13-7-6-8-16-18(13)15(10-23(16)4)20(14,2)3/h5-8,10,12,14,17,24H,1,9H2,2-4H3/t12-,14-,17-,21-/m0/s1. The van der Waals surface area contributed by atoms with Gasteiger partial charge in [0.05, 0.1) is 12.2 Å². The topological polar surface area (TPSA) is 66.0 Å². The molecular formula is C21H22N2O2. The first-order valence-electron chi connectivity index (χ1n) is 8.66. The van der Waals surface area contributed by atoms with Crippen LogP contribution in [0, 0.1) is 23.2 Å². The number of hydrogen-bond donors (Lipinski definition) is 1. The number of fused-ring (bicyclic) bond motifs is 3. The minimum atomic E-state index is -1.38. The Balaban J connectivity index is 2.24. The van der Waals surface area contributed by atoms with Gasteiger partial charge in [-0.15, -0.1) is 6.58 Å². The molecule has 1 heterocycles. The Morgan fingerprint density at radius 3 is 2.76 bits per heavy atom. The van der Waals surface area contributed by atoms with Crippen molar-refractivity contribution < 1.29 is 9.90 Å². The average molecular weight is 334 g/mol. The maximum Gasteiger partial charge on any atom is 0.162 e. The average Bonchev–Trinajstić information content (AvgIpc) is 2.92. The Morgan fingerprint density at radius 2 is 2.12 bits per heavy atom. The molecule has 4 atom stereocenters. The van der Waals surface area contributed by atoms with Crippen LogP contribution in [0.5, 0.6) is 0 Å². The molecule has 4 rings (SSSR count). The van der Waals surface area contributed by atoms with Crippen LogP contribution < -0.4 is 0 Å². The van der Waals surface area contributed by atoms with Gasteiger partial charge >= 0.3 is 0 Å². The number of aliphatic hydroxyl groups is 1. The van der Waals surface area contributed by atoms with E-state index in [1.807, 2.05) is 25.2 Å². The van der Waals surface area contributed by atoms with Crippen LogP contribution in [0.25, 0.3) is 10.9 Å². The fraction of sp³-hybridized carbons (Fsp3) is 0.429. The molecule has 1 saturated carbocycles. The molecule has 4 nitrogen and oxygen atoms in total. The normalized spacial score (nSPS) is 32.9. The minimum Gasteiger partial charge on any atom is -0.392 e. The van der Waals surface area contributed by atoms with Crippen molar-refractivity contribution in [1.82, 2.24) is 4.57 Å². The summed E-state index contributed by atoms with van der Waals surface area (Å²) in [4.78, 5) is 13.6. The Morgan fingerprint density at radius 1 is 1.40 bits per heavy atom. The molecule has 0 radical (unpaired) electrons. The first-order valence-corrected chi connectivity index (χ1v) is 8.66. The molecule has 0 amide bonds. The Labute approximate surface area is 147 Å². The smallest absolute Gasteiger partial charge is 0.162 e. The van der Waals surface area contributed by atoms with E-state index >= 15 is 0 Å². The van der Waals surface area contributed by atoms with E-state index in [1.54, 1.807) is 6.08 Å². The van der Waals surface area contributed by atoms with E-state index in [0.29, 0.717) is 12.0 Å². The van der Waals surface area contributed by atoms with Crippen molar-refractivity contribution >= 4 is 16.7 Å². The van der Waals surface area contributed by atoms with Gasteiger partial charge in [0.2, 0.25) is 0 Å². The summed E-state index contributed by atoms with van der Waals surface area (Å²) in [6.45, 7) is 7.94. The summed E-state index contributed by atoms with van der Waals surface area (Å²) in [5, 5.41) is 22.0. The predicted octanol–water partition coefficient (Wildman–Crippen LogP) is 2.98. The quantitative estimate of drug-likeness (QED) is 0.815. The SMILES string of the molecule is C=C[C@H]1[C@@H](O)C[C@H]2C(=O)[C@]1(C#N)c1cccc3c1c(cn3C)C2(C)C. The first kappa shape index (κ1) is 16.1. The fourth-order valence-corrected chi connectivity index (χ4v) is 5.13. The second kappa shape index (κ2) is 4.83. The number of aryl methyl sites for hydroxylation is 1. The highest BCUT2D eigenvalue weighted by atomic mass is 16.3. The number of aromatic nitrogens is 1. The van der Waals surface area contributed by atoms with E-state index < -0.39 is 28.8 Å². The zero-order chi connectivity index (χ0) is 18.1. The largest absolute Gasteiger partial charge is 0.392 e. The Bertz CT molecular complexity index is 962. The van der Waals surface area contributed by atoms with Crippen LogP contribution in [-0.4, -0.2) is 21.6 Å². The van der Waals surface area contributed by atoms with Gasteiger partial charge in [-0.2, -0.15) is 5.26 Å². The molecule has 0 saturated heterocycles. The van der Waals surface area contributed by atoms with Crippen LogP contribution in [0.4, 0.5) is 0 Å². The van der Waals surface area contributed by atoms with Gasteiger partial charge in [-0.05, 0) is 23.6 Å². The summed E-state index contributed by atoms with van der Waals surface area (Å²) >= 11 is 0. The number of nitriles is 1. The van der Waals surface area contributed by atoms with Crippen LogP contribution in [0.15, 0.2) is 37.1 Å². The van der Waals surface area contributed by atoms with Crippen LogP contribution in [0.2, 0.25) is 0 Å². The van der Waals surface area contributed by atoms with E-state index in [2.05, 4.69) is 37.3 Å². The highest BCUT2D eigenvalue weighted by Crippen LogP contribution is 2.55. The number of ketones is 1. The molecule has 0 aliphatic heterocycles. The van der Waals surface area contributed by atoms with Crippen LogP contribution in [0.1, 0.15) is 31.4 Å². The van der Waals surface area contributed by atoms with Crippen molar-refractivity contribution in [3.8, 4) is 6.07 Å². The van der Waals surface area contributed by atoms with Gasteiger partial charge in [0.15, 0.2) is 5.78 Å². The second-order valence-electron chi connectivity index (χ2n) is 7.98. The van der Waals surface area contributed by atoms with Gasteiger partial charge in [0, 0.05) is 41.4 Å². The third-order valence-corrected chi connectivity index (χ3v) is 6.53. The van der Waals surface area contributed by atoms with Gasteiger partial charge in [0.25, 0.3) is 0 Å². The number of carbonyl (C=O) groups excluding carboxylic acids is 1. The highest BCUT2D eigenvalue weighted by Gasteiger charge is 2.61.